The van der Waals surface area contributed by atoms with Crippen LogP contribution in [-0.2, 0) is 6.18 Å². The Morgan fingerprint density at radius 2 is 1.67 bits per heavy atom. The molecule has 10 heteroatoms. The molecule has 0 radical (unpaired) electrons. The number of alkyl halides is 3. The third kappa shape index (κ3) is 2.53. The molecule has 0 unspecified atom stereocenters. The average molecular weight is 372 g/mol. The van der Waals surface area contributed by atoms with Gasteiger partial charge >= 0.3 is 11.9 Å². The summed E-state index contributed by atoms with van der Waals surface area (Å²) >= 11 is 0.937. The van der Waals surface area contributed by atoms with Gasteiger partial charge < -0.3 is 5.73 Å². The van der Waals surface area contributed by atoms with Crippen LogP contribution in [0, 0.1) is 10.1 Å². The largest absolute Gasteiger partial charge is 0.420 e. The number of nitrogens with two attached hydrogens (primary N) is 1. The molecule has 0 aliphatic carbocycles. The van der Waals surface area contributed by atoms with Gasteiger partial charge in [0.05, 0.1) is 19.9 Å². The summed E-state index contributed by atoms with van der Waals surface area (Å²) in [6, 6.07) is 7.88. The first-order chi connectivity index (χ1) is 11.2. The van der Waals surface area contributed by atoms with Crippen LogP contribution in [0.3, 0.4) is 0 Å². The summed E-state index contributed by atoms with van der Waals surface area (Å²) in [7, 11) is 0. The summed E-state index contributed by atoms with van der Waals surface area (Å²) in [6.07, 6.45) is -4.91. The molecule has 24 heavy (non-hydrogen) atoms. The standard InChI is InChI=1S/C14H7F3N2O3S2/c15-14(16,17)8-9(18)10(19(21)22)7(6-4-2-1-3-5-6)11-12(8)24-13(20)23-11/h1-5H,18H2. The molecule has 0 amide bonds. The summed E-state index contributed by atoms with van der Waals surface area (Å²) in [5.74, 6) is 0. The Hall–Kier alpha value is -2.46. The van der Waals surface area contributed by atoms with Gasteiger partial charge in [-0.2, -0.15) is 13.2 Å². The minimum Gasteiger partial charge on any atom is -0.393 e. The highest BCUT2D eigenvalue weighted by molar-refractivity contribution is 7.36. The zero-order valence-electron chi connectivity index (χ0n) is 11.6. The SMILES string of the molecule is Nc1c([N+](=O)[O-])c(-c2ccccc2)c2sc(=O)sc2c1C(F)(F)F. The zero-order chi connectivity index (χ0) is 17.6. The molecule has 2 N–H and O–H groups in total. The quantitative estimate of drug-likeness (QED) is 0.408. The van der Waals surface area contributed by atoms with Crippen LogP contribution in [0.5, 0.6) is 0 Å². The molecule has 124 valence electrons. The summed E-state index contributed by atoms with van der Waals surface area (Å²) < 4.78 is 39.1. The van der Waals surface area contributed by atoms with Crippen molar-refractivity contribution in [3.05, 3.63) is 54.9 Å². The number of nitro groups is 1. The van der Waals surface area contributed by atoms with Crippen molar-refractivity contribution in [1.29, 1.82) is 0 Å². The Morgan fingerprint density at radius 3 is 2.21 bits per heavy atom. The van der Waals surface area contributed by atoms with Crippen molar-refractivity contribution in [2.75, 3.05) is 5.73 Å². The van der Waals surface area contributed by atoms with Crippen LogP contribution in [0.2, 0.25) is 0 Å². The number of nitrogens with zero attached hydrogens (tertiary/aromatic N) is 1. The van der Waals surface area contributed by atoms with E-state index < -0.39 is 32.1 Å². The number of anilines is 1. The molecule has 0 fully saturated rings. The van der Waals surface area contributed by atoms with Crippen LogP contribution in [0.4, 0.5) is 24.5 Å². The van der Waals surface area contributed by atoms with E-state index in [9.17, 15) is 28.1 Å². The first kappa shape index (κ1) is 16.4. The lowest BCUT2D eigenvalue weighted by Crippen LogP contribution is -2.12. The van der Waals surface area contributed by atoms with Crippen molar-refractivity contribution in [1.82, 2.24) is 0 Å². The lowest BCUT2D eigenvalue weighted by molar-refractivity contribution is -0.383. The van der Waals surface area contributed by atoms with Crippen LogP contribution < -0.4 is 9.79 Å². The summed E-state index contributed by atoms with van der Waals surface area (Å²) in [6.45, 7) is 0. The van der Waals surface area contributed by atoms with Gasteiger partial charge in [-0.25, -0.2) is 0 Å². The first-order valence-electron chi connectivity index (χ1n) is 6.38. The molecule has 3 aromatic rings. The third-order valence-corrected chi connectivity index (χ3v) is 5.51. The Morgan fingerprint density at radius 1 is 1.08 bits per heavy atom. The number of halogens is 3. The fraction of sp³-hybridized carbons (Fsp3) is 0.0714. The molecule has 1 aromatic heterocycles. The van der Waals surface area contributed by atoms with Gasteiger partial charge in [0.1, 0.15) is 11.3 Å². The molecule has 2 aromatic carbocycles. The first-order valence-corrected chi connectivity index (χ1v) is 8.01. The van der Waals surface area contributed by atoms with Crippen LogP contribution >= 0.6 is 22.7 Å². The van der Waals surface area contributed by atoms with Crippen LogP contribution in [0.1, 0.15) is 5.56 Å². The molecule has 0 bridgehead atoms. The normalized spacial score (nSPS) is 11.8. The monoisotopic (exact) mass is 372 g/mol. The van der Waals surface area contributed by atoms with E-state index in [2.05, 4.69) is 0 Å². The number of hydrogen-bond acceptors (Lipinski definition) is 6. The van der Waals surface area contributed by atoms with E-state index in [-0.39, 0.29) is 15.0 Å². The molecule has 0 aliphatic heterocycles. The number of fused-ring (bicyclic) bond motifs is 1. The van der Waals surface area contributed by atoms with Crippen molar-refractivity contribution in [3.63, 3.8) is 0 Å². The second kappa shape index (κ2) is 5.56. The molecule has 0 atom stereocenters. The molecular formula is C14H7F3N2O3S2. The minimum absolute atomic E-state index is 0.0653. The van der Waals surface area contributed by atoms with E-state index in [0.717, 1.165) is 0 Å². The van der Waals surface area contributed by atoms with Gasteiger partial charge in [-0.3, -0.25) is 14.9 Å². The predicted molar refractivity (Wildman–Crippen MR) is 87.5 cm³/mol. The Balaban J connectivity index is 2.60. The molecule has 0 spiro atoms. The Bertz CT molecular complexity index is 1010. The van der Waals surface area contributed by atoms with E-state index >= 15 is 0 Å². The van der Waals surface area contributed by atoms with Crippen LogP contribution in [-0.4, -0.2) is 4.92 Å². The summed E-state index contributed by atoms with van der Waals surface area (Å²) in [4.78, 5) is 22.2. The van der Waals surface area contributed by atoms with E-state index in [1.165, 1.54) is 12.1 Å². The number of nitrogen functional groups attached to an aromatic ring is 1. The second-order valence-electron chi connectivity index (χ2n) is 4.75. The minimum atomic E-state index is -4.91. The molecule has 3 rings (SSSR count). The molecule has 5 nitrogen and oxygen atoms in total. The second-order valence-corrected chi connectivity index (χ2v) is 6.97. The van der Waals surface area contributed by atoms with E-state index in [1.54, 1.807) is 18.2 Å². The number of hydrogen-bond donors (Lipinski definition) is 1. The predicted octanol–water partition coefficient (Wildman–Crippen LogP) is 4.50. The molecular weight excluding hydrogens is 365 g/mol. The average Bonchev–Trinajstić information content (AvgIpc) is 2.85. The van der Waals surface area contributed by atoms with E-state index in [0.29, 0.717) is 28.2 Å². The van der Waals surface area contributed by atoms with Crippen LogP contribution in [0.15, 0.2) is 35.1 Å². The smallest absolute Gasteiger partial charge is 0.393 e. The topological polar surface area (TPSA) is 86.2 Å². The van der Waals surface area contributed by atoms with Gasteiger partial charge in [0.2, 0.25) is 0 Å². The van der Waals surface area contributed by atoms with Gasteiger partial charge in [-0.05, 0) is 5.56 Å². The fourth-order valence-electron chi connectivity index (χ4n) is 2.44. The lowest BCUT2D eigenvalue weighted by Gasteiger charge is -2.14. The summed E-state index contributed by atoms with van der Waals surface area (Å²) in [5, 5.41) is 11.4. The Kier molecular flexibility index (Phi) is 3.80. The fourth-order valence-corrected chi connectivity index (χ4v) is 4.72. The van der Waals surface area contributed by atoms with Gasteiger partial charge in [-0.15, -0.1) is 0 Å². The maximum Gasteiger partial charge on any atom is 0.420 e. The van der Waals surface area contributed by atoms with Crippen LogP contribution in [0.25, 0.3) is 20.5 Å². The van der Waals surface area contributed by atoms with E-state index in [4.69, 9.17) is 5.73 Å². The lowest BCUT2D eigenvalue weighted by atomic mass is 9.99. The van der Waals surface area contributed by atoms with Crippen molar-refractivity contribution >= 4 is 43.4 Å². The van der Waals surface area contributed by atoms with Gasteiger partial charge in [0.15, 0.2) is 0 Å². The summed E-state index contributed by atoms with van der Waals surface area (Å²) in [5.41, 5.74) is 2.65. The van der Waals surface area contributed by atoms with Crippen molar-refractivity contribution in [3.8, 4) is 11.1 Å². The number of benzene rings is 2. The van der Waals surface area contributed by atoms with Crippen molar-refractivity contribution in [2.45, 2.75) is 6.18 Å². The molecule has 0 aliphatic rings. The van der Waals surface area contributed by atoms with Crippen molar-refractivity contribution < 1.29 is 18.1 Å². The Labute approximate surface area is 139 Å². The number of rotatable bonds is 2. The molecule has 1 heterocycles. The molecule has 0 saturated carbocycles. The highest BCUT2D eigenvalue weighted by Gasteiger charge is 2.41. The van der Waals surface area contributed by atoms with E-state index in [1.807, 2.05) is 0 Å². The van der Waals surface area contributed by atoms with Crippen molar-refractivity contribution in [2.24, 2.45) is 0 Å². The maximum absolute atomic E-state index is 13.4. The number of nitro benzene ring substituents is 1. The third-order valence-electron chi connectivity index (χ3n) is 3.32. The van der Waals surface area contributed by atoms with Gasteiger partial charge in [0, 0.05) is 0 Å². The highest BCUT2D eigenvalue weighted by Crippen LogP contribution is 2.50. The highest BCUT2D eigenvalue weighted by atomic mass is 32.2. The zero-order valence-corrected chi connectivity index (χ0v) is 13.2. The maximum atomic E-state index is 13.4. The van der Waals surface area contributed by atoms with Gasteiger partial charge in [-0.1, -0.05) is 53.0 Å². The molecule has 0 saturated heterocycles. The van der Waals surface area contributed by atoms with Gasteiger partial charge in [0.25, 0.3) is 4.06 Å².